The van der Waals surface area contributed by atoms with Gasteiger partial charge in [0.05, 0.1) is 23.7 Å². The van der Waals surface area contributed by atoms with Gasteiger partial charge in [-0.1, -0.05) is 49.2 Å². The molecule has 16 heteroatoms. The van der Waals surface area contributed by atoms with E-state index in [1.54, 1.807) is 35.2 Å². The van der Waals surface area contributed by atoms with Crippen molar-refractivity contribution in [3.05, 3.63) is 68.4 Å². The molecule has 5 aliphatic rings. The quantitative estimate of drug-likeness (QED) is 0.298. The predicted molar refractivity (Wildman–Crippen MR) is 192 cm³/mol. The zero-order chi connectivity index (χ0) is 37.5. The smallest absolute Gasteiger partial charge is 0.471 e. The Kier molecular flexibility index (Phi) is 9.30. The zero-order valence-electron chi connectivity index (χ0n) is 29.3. The highest BCUT2D eigenvalue weighted by molar-refractivity contribution is 8.18. The summed E-state index contributed by atoms with van der Waals surface area (Å²) in [6.45, 7) is 7.74. The summed E-state index contributed by atoms with van der Waals surface area (Å²) < 4.78 is 45.7. The number of likely N-dealkylation sites (tertiary alicyclic amines) is 1. The van der Waals surface area contributed by atoms with Crippen molar-refractivity contribution < 1.29 is 32.3 Å². The number of thioether (sulfide) groups is 1. The molecule has 1 aliphatic carbocycles. The number of allylic oxidation sites excluding steroid dienone is 1. The number of halogens is 5. The van der Waals surface area contributed by atoms with Gasteiger partial charge in [-0.15, -0.1) is 0 Å². The maximum absolute atomic E-state index is 14.8. The number of piperazine rings is 1. The lowest BCUT2D eigenvalue weighted by molar-refractivity contribution is -0.191. The highest BCUT2D eigenvalue weighted by atomic mass is 35.5. The molecule has 0 unspecified atom stereocenters. The van der Waals surface area contributed by atoms with Gasteiger partial charge in [0.1, 0.15) is 27.4 Å². The van der Waals surface area contributed by atoms with Crippen molar-refractivity contribution in [3.63, 3.8) is 0 Å². The fourth-order valence-electron chi connectivity index (χ4n) is 8.26. The number of ether oxygens (including phenoxy) is 1. The topological polar surface area (TPSA) is 98.6 Å². The molecule has 0 radical (unpaired) electrons. The Morgan fingerprint density at radius 2 is 1.81 bits per heavy atom. The summed E-state index contributed by atoms with van der Waals surface area (Å²) in [4.78, 5) is 57.5. The second-order valence-electron chi connectivity index (χ2n) is 14.6. The molecule has 1 spiro atoms. The number of aliphatic imine (C=N–C) groups is 1. The first-order chi connectivity index (χ1) is 24.5. The van der Waals surface area contributed by atoms with Crippen molar-refractivity contribution in [1.82, 2.24) is 24.6 Å². The molecule has 1 aromatic carbocycles. The van der Waals surface area contributed by atoms with E-state index < -0.39 is 35.2 Å². The summed E-state index contributed by atoms with van der Waals surface area (Å²) in [5.74, 6) is -2.10. The molecule has 3 amide bonds. The number of hydrogen-bond acceptors (Lipinski definition) is 8. The lowest BCUT2D eigenvalue weighted by atomic mass is 9.81. The van der Waals surface area contributed by atoms with Gasteiger partial charge in [0, 0.05) is 43.1 Å². The van der Waals surface area contributed by atoms with E-state index >= 15 is 0 Å². The molecule has 10 nitrogen and oxygen atoms in total. The van der Waals surface area contributed by atoms with E-state index in [0.29, 0.717) is 51.7 Å². The van der Waals surface area contributed by atoms with Crippen molar-refractivity contribution in [2.45, 2.75) is 88.8 Å². The molecular weight excluding hydrogens is 740 g/mol. The summed E-state index contributed by atoms with van der Waals surface area (Å²) in [6, 6.07) is 7.70. The third-order valence-corrected chi connectivity index (χ3v) is 12.6. The van der Waals surface area contributed by atoms with Gasteiger partial charge in [-0.2, -0.15) is 13.2 Å². The molecule has 7 rings (SSSR count). The molecule has 1 saturated carbocycles. The minimum Gasteiger partial charge on any atom is -0.495 e. The molecule has 2 saturated heterocycles. The number of benzene rings is 1. The fraction of sp³-hybridized carbons (Fsp3) is 0.528. The van der Waals surface area contributed by atoms with Gasteiger partial charge in [0.15, 0.2) is 5.17 Å². The van der Waals surface area contributed by atoms with Crippen LogP contribution >= 0.6 is 35.0 Å². The number of pyridine rings is 1. The van der Waals surface area contributed by atoms with Crippen molar-refractivity contribution in [1.29, 1.82) is 0 Å². The number of methoxy groups -OCH3 is 1. The Morgan fingerprint density at radius 1 is 1.08 bits per heavy atom. The van der Waals surface area contributed by atoms with Crippen LogP contribution in [0.2, 0.25) is 10.2 Å². The molecule has 1 aromatic heterocycles. The van der Waals surface area contributed by atoms with Crippen LogP contribution in [0.1, 0.15) is 70.5 Å². The molecule has 2 aromatic rings. The average molecular weight is 780 g/mol. The van der Waals surface area contributed by atoms with Crippen LogP contribution in [-0.4, -0.2) is 98.0 Å². The second kappa shape index (κ2) is 13.1. The maximum Gasteiger partial charge on any atom is 0.471 e. The van der Waals surface area contributed by atoms with E-state index in [-0.39, 0.29) is 43.4 Å². The van der Waals surface area contributed by atoms with Crippen molar-refractivity contribution in [2.75, 3.05) is 26.7 Å². The highest BCUT2D eigenvalue weighted by Gasteiger charge is 2.60. The monoisotopic (exact) mass is 778 g/mol. The fourth-order valence-corrected chi connectivity index (χ4v) is 9.92. The predicted octanol–water partition coefficient (Wildman–Crippen LogP) is 6.78. The van der Waals surface area contributed by atoms with E-state index in [1.165, 1.54) is 11.8 Å². The summed E-state index contributed by atoms with van der Waals surface area (Å²) in [5.41, 5.74) is 0.562. The highest BCUT2D eigenvalue weighted by Crippen LogP contribution is 2.57. The van der Waals surface area contributed by atoms with E-state index in [4.69, 9.17) is 32.9 Å². The van der Waals surface area contributed by atoms with E-state index in [2.05, 4.69) is 9.88 Å². The first kappa shape index (κ1) is 36.9. The normalized spacial score (nSPS) is 26.8. The number of aromatic nitrogens is 1. The Bertz CT molecular complexity index is 1890. The lowest BCUT2D eigenvalue weighted by Crippen LogP contribution is -2.62. The number of amidine groups is 1. The van der Waals surface area contributed by atoms with Crippen LogP contribution in [0.5, 0.6) is 5.75 Å². The minimum absolute atomic E-state index is 0.0181. The molecule has 4 aliphatic heterocycles. The van der Waals surface area contributed by atoms with Gasteiger partial charge in [-0.25, -0.2) is 9.98 Å². The first-order valence-electron chi connectivity index (χ1n) is 17.3. The van der Waals surface area contributed by atoms with Crippen LogP contribution in [0.4, 0.5) is 13.2 Å². The molecule has 52 heavy (non-hydrogen) atoms. The summed E-state index contributed by atoms with van der Waals surface area (Å²) in [7, 11) is 1.55. The molecule has 5 heterocycles. The Morgan fingerprint density at radius 3 is 2.42 bits per heavy atom. The standard InChI is InChI=1S/C36H39Cl2F3N6O4S/c1-19(2)27-28(31(49)46-20(3)6-10-24(46)30(48)44-14-15-45(32(50)36(39,40)41)35(18-44)12-13-35)52-33-43-34(4,22-8-11-26(38)42-17-22)29(47(27)33)21-7-9-23(37)25(16-21)51-5/h7-9,11,16-17,19-20,24,29H,6,10,12-15,18H2,1-5H3/t20-,24+,29-,34+/m1/s1. The number of nitrogens with zero attached hydrogens (tertiary/aromatic N) is 6. The zero-order valence-corrected chi connectivity index (χ0v) is 31.7. The number of fused-ring (bicyclic) bond motifs is 1. The van der Waals surface area contributed by atoms with E-state index in [0.717, 1.165) is 21.7 Å². The number of hydrogen-bond donors (Lipinski definition) is 0. The molecule has 0 N–H and O–H groups in total. The van der Waals surface area contributed by atoms with Crippen LogP contribution < -0.4 is 4.74 Å². The minimum atomic E-state index is -4.98. The molecular formula is C36H39Cl2F3N6O4S. The van der Waals surface area contributed by atoms with Crippen molar-refractivity contribution in [3.8, 4) is 5.75 Å². The van der Waals surface area contributed by atoms with Crippen LogP contribution in [0, 0.1) is 5.92 Å². The van der Waals surface area contributed by atoms with Crippen LogP contribution in [0.15, 0.2) is 52.1 Å². The number of alkyl halides is 3. The Balaban J connectivity index is 1.22. The van der Waals surface area contributed by atoms with Gasteiger partial charge >= 0.3 is 12.1 Å². The number of carbonyl (C=O) groups is 3. The number of amides is 3. The van der Waals surface area contributed by atoms with Gasteiger partial charge in [0.25, 0.3) is 5.91 Å². The van der Waals surface area contributed by atoms with Gasteiger partial charge < -0.3 is 24.3 Å². The molecule has 4 atom stereocenters. The maximum atomic E-state index is 14.8. The summed E-state index contributed by atoms with van der Waals surface area (Å²) in [5, 5.41) is 1.42. The third-order valence-electron chi connectivity index (χ3n) is 11.0. The second-order valence-corrected chi connectivity index (χ2v) is 16.4. The molecule has 278 valence electrons. The summed E-state index contributed by atoms with van der Waals surface area (Å²) >= 11 is 13.9. The van der Waals surface area contributed by atoms with Crippen molar-refractivity contribution in [2.24, 2.45) is 10.9 Å². The number of carbonyl (C=O) groups excluding carboxylic acids is 3. The van der Waals surface area contributed by atoms with E-state index in [9.17, 15) is 27.6 Å². The Labute approximate surface area is 314 Å². The SMILES string of the molecule is COc1cc([C@H]2N3C(=N[C@@]2(C)c2ccc(Cl)nc2)SC(C(=O)N2[C@H](C)CC[C@H]2C(=O)N2CCN(C(=O)C(F)(F)F)C4(CC4)C2)=C3C(C)C)ccc1Cl. The summed E-state index contributed by atoms with van der Waals surface area (Å²) in [6.07, 6.45) is -1.46. The number of rotatable bonds is 6. The molecule has 0 bridgehead atoms. The lowest BCUT2D eigenvalue weighted by Gasteiger charge is -2.43. The van der Waals surface area contributed by atoms with Gasteiger partial charge in [-0.3, -0.25) is 14.4 Å². The molecule has 3 fully saturated rings. The van der Waals surface area contributed by atoms with Gasteiger partial charge in [0.2, 0.25) is 5.91 Å². The first-order valence-corrected chi connectivity index (χ1v) is 18.8. The average Bonchev–Trinajstić information content (AvgIpc) is 3.44. The largest absolute Gasteiger partial charge is 0.495 e. The van der Waals surface area contributed by atoms with Crippen LogP contribution in [0.3, 0.4) is 0 Å². The van der Waals surface area contributed by atoms with E-state index in [1.807, 2.05) is 45.9 Å². The Hall–Kier alpha value is -3.49. The van der Waals surface area contributed by atoms with Crippen molar-refractivity contribution >= 4 is 57.9 Å². The van der Waals surface area contributed by atoms with Gasteiger partial charge in [-0.05, 0) is 81.0 Å². The third kappa shape index (κ3) is 6.02. The van der Waals surface area contributed by atoms with Crippen LogP contribution in [-0.2, 0) is 19.9 Å². The van der Waals surface area contributed by atoms with Crippen LogP contribution in [0.25, 0.3) is 0 Å².